The van der Waals surface area contributed by atoms with Crippen molar-refractivity contribution in [1.82, 2.24) is 9.99 Å². The van der Waals surface area contributed by atoms with E-state index in [1.165, 1.54) is 6.07 Å². The van der Waals surface area contributed by atoms with Crippen molar-refractivity contribution in [2.45, 2.75) is 6.54 Å². The van der Waals surface area contributed by atoms with Crippen molar-refractivity contribution in [2.24, 2.45) is 5.10 Å². The lowest BCUT2D eigenvalue weighted by Gasteiger charge is -2.06. The molecule has 0 aliphatic heterocycles. The standard InChI is InChI=1S/C29H23N3O5/c33-28(19-36-23-12-10-21(11-13-23)20-6-2-1-3-7-20)31-30-16-22-17-32(26-9-5-4-8-25(22)26)18-24-14-15-27(37-24)29(34)35/h1-17H,18-19H2,(H,31,33)(H,34,35)/b30-16+. The van der Waals surface area contributed by atoms with Gasteiger partial charge in [0.05, 0.1) is 12.8 Å². The third kappa shape index (κ3) is 5.59. The number of aromatic carboxylic acids is 1. The van der Waals surface area contributed by atoms with Gasteiger partial charge in [0, 0.05) is 22.7 Å². The van der Waals surface area contributed by atoms with Crippen LogP contribution < -0.4 is 10.2 Å². The summed E-state index contributed by atoms with van der Waals surface area (Å²) in [6.07, 6.45) is 3.43. The van der Waals surface area contributed by atoms with Crippen molar-refractivity contribution in [3.05, 3.63) is 114 Å². The van der Waals surface area contributed by atoms with Crippen LogP contribution in [0.25, 0.3) is 22.0 Å². The largest absolute Gasteiger partial charge is 0.484 e. The number of aromatic nitrogens is 1. The maximum Gasteiger partial charge on any atom is 0.371 e. The molecule has 0 saturated carbocycles. The number of hydrogen-bond acceptors (Lipinski definition) is 5. The van der Waals surface area contributed by atoms with Crippen LogP contribution >= 0.6 is 0 Å². The smallest absolute Gasteiger partial charge is 0.371 e. The van der Waals surface area contributed by atoms with E-state index in [1.807, 2.05) is 89.6 Å². The second kappa shape index (κ2) is 10.7. The van der Waals surface area contributed by atoms with E-state index in [4.69, 9.17) is 14.3 Å². The van der Waals surface area contributed by atoms with E-state index < -0.39 is 5.97 Å². The van der Waals surface area contributed by atoms with Crippen molar-refractivity contribution in [2.75, 3.05) is 6.61 Å². The molecule has 2 heterocycles. The number of amides is 1. The first kappa shape index (κ1) is 23.6. The van der Waals surface area contributed by atoms with E-state index in [0.29, 0.717) is 18.1 Å². The highest BCUT2D eigenvalue weighted by Gasteiger charge is 2.12. The Balaban J connectivity index is 1.20. The van der Waals surface area contributed by atoms with Crippen molar-refractivity contribution >= 4 is 29.0 Å². The molecule has 0 atom stereocenters. The number of ether oxygens (including phenoxy) is 1. The Hall–Kier alpha value is -5.11. The van der Waals surface area contributed by atoms with Gasteiger partial charge in [0.25, 0.3) is 5.91 Å². The molecule has 5 rings (SSSR count). The van der Waals surface area contributed by atoms with E-state index in [9.17, 15) is 9.59 Å². The van der Waals surface area contributed by atoms with E-state index in [-0.39, 0.29) is 18.3 Å². The molecular formula is C29H23N3O5. The first-order valence-corrected chi connectivity index (χ1v) is 11.6. The highest BCUT2D eigenvalue weighted by molar-refractivity contribution is 5.99. The summed E-state index contributed by atoms with van der Waals surface area (Å²) in [5, 5.41) is 14.1. The molecule has 3 aromatic carbocycles. The average molecular weight is 494 g/mol. The van der Waals surface area contributed by atoms with E-state index >= 15 is 0 Å². The summed E-state index contributed by atoms with van der Waals surface area (Å²) in [5.74, 6) is -0.496. The summed E-state index contributed by atoms with van der Waals surface area (Å²) >= 11 is 0. The van der Waals surface area contributed by atoms with Gasteiger partial charge in [-0.05, 0) is 41.5 Å². The minimum absolute atomic E-state index is 0.106. The Morgan fingerprint density at radius 3 is 2.41 bits per heavy atom. The van der Waals surface area contributed by atoms with Crippen molar-refractivity contribution in [3.8, 4) is 16.9 Å². The number of rotatable bonds is 9. The molecule has 0 aliphatic carbocycles. The van der Waals surface area contributed by atoms with Gasteiger partial charge >= 0.3 is 5.97 Å². The number of carboxylic acids is 1. The Kier molecular flexibility index (Phi) is 6.80. The van der Waals surface area contributed by atoms with Gasteiger partial charge in [-0.25, -0.2) is 10.2 Å². The van der Waals surface area contributed by atoms with Gasteiger partial charge in [-0.1, -0.05) is 60.7 Å². The number of nitrogens with one attached hydrogen (secondary N) is 1. The number of carbonyl (C=O) groups excluding carboxylic acids is 1. The molecule has 0 radical (unpaired) electrons. The van der Waals surface area contributed by atoms with Crippen LogP contribution in [0, 0.1) is 0 Å². The number of carboxylic acid groups (broad SMARTS) is 1. The lowest BCUT2D eigenvalue weighted by molar-refractivity contribution is -0.123. The SMILES string of the molecule is O=C(COc1ccc(-c2ccccc2)cc1)N/N=C/c1cn(Cc2ccc(C(=O)O)o2)c2ccccc12. The second-order valence-electron chi connectivity index (χ2n) is 8.27. The molecule has 0 aliphatic rings. The minimum Gasteiger partial charge on any atom is -0.484 e. The number of benzene rings is 3. The summed E-state index contributed by atoms with van der Waals surface area (Å²) in [7, 11) is 0. The van der Waals surface area contributed by atoms with Crippen LogP contribution in [0.15, 0.2) is 107 Å². The van der Waals surface area contributed by atoms with Crippen LogP contribution in [0.3, 0.4) is 0 Å². The molecule has 8 nitrogen and oxygen atoms in total. The van der Waals surface area contributed by atoms with Crippen LogP contribution in [0.5, 0.6) is 5.75 Å². The number of furan rings is 1. The Morgan fingerprint density at radius 1 is 0.919 bits per heavy atom. The van der Waals surface area contributed by atoms with E-state index in [1.54, 1.807) is 12.3 Å². The zero-order valence-corrected chi connectivity index (χ0v) is 19.7. The quantitative estimate of drug-likeness (QED) is 0.217. The van der Waals surface area contributed by atoms with E-state index in [0.717, 1.165) is 27.6 Å². The van der Waals surface area contributed by atoms with Crippen molar-refractivity contribution < 1.29 is 23.8 Å². The monoisotopic (exact) mass is 493 g/mol. The summed E-state index contributed by atoms with van der Waals surface area (Å²) in [6.45, 7) is 0.180. The van der Waals surface area contributed by atoms with Crippen LogP contribution in [0.1, 0.15) is 21.9 Å². The Morgan fingerprint density at radius 2 is 1.65 bits per heavy atom. The molecule has 5 aromatic rings. The van der Waals surface area contributed by atoms with Crippen LogP contribution in [-0.4, -0.2) is 34.4 Å². The first-order valence-electron chi connectivity index (χ1n) is 11.6. The molecule has 0 bridgehead atoms. The fourth-order valence-electron chi connectivity index (χ4n) is 3.98. The van der Waals surface area contributed by atoms with Crippen LogP contribution in [-0.2, 0) is 11.3 Å². The molecule has 0 saturated heterocycles. The Bertz CT molecular complexity index is 1570. The number of hydrogen-bond donors (Lipinski definition) is 2. The normalized spacial score (nSPS) is 11.1. The fourth-order valence-corrected chi connectivity index (χ4v) is 3.98. The number of carbonyl (C=O) groups is 2. The Labute approximate surface area is 212 Å². The topological polar surface area (TPSA) is 106 Å². The molecule has 8 heteroatoms. The highest BCUT2D eigenvalue weighted by atomic mass is 16.5. The number of fused-ring (bicyclic) bond motifs is 1. The van der Waals surface area contributed by atoms with E-state index in [2.05, 4.69) is 10.5 Å². The maximum atomic E-state index is 12.2. The average Bonchev–Trinajstić information content (AvgIpc) is 3.54. The minimum atomic E-state index is -1.11. The zero-order chi connectivity index (χ0) is 25.6. The van der Waals surface area contributed by atoms with Gasteiger partial charge in [-0.15, -0.1) is 0 Å². The zero-order valence-electron chi connectivity index (χ0n) is 19.7. The maximum absolute atomic E-state index is 12.2. The predicted molar refractivity (Wildman–Crippen MR) is 140 cm³/mol. The number of hydrazone groups is 1. The van der Waals surface area contributed by atoms with Crippen molar-refractivity contribution in [3.63, 3.8) is 0 Å². The third-order valence-corrected chi connectivity index (χ3v) is 5.74. The number of nitrogens with zero attached hydrogens (tertiary/aromatic N) is 2. The van der Waals surface area contributed by atoms with Crippen LogP contribution in [0.4, 0.5) is 0 Å². The summed E-state index contributed by atoms with van der Waals surface area (Å²) in [4.78, 5) is 23.3. The lowest BCUT2D eigenvalue weighted by atomic mass is 10.1. The lowest BCUT2D eigenvalue weighted by Crippen LogP contribution is -2.24. The van der Waals surface area contributed by atoms with Gasteiger partial charge in [0.15, 0.2) is 6.61 Å². The molecule has 0 spiro atoms. The highest BCUT2D eigenvalue weighted by Crippen LogP contribution is 2.23. The van der Waals surface area contributed by atoms with Gasteiger partial charge in [0.1, 0.15) is 11.5 Å². The predicted octanol–water partition coefficient (Wildman–Crippen LogP) is 5.18. The number of para-hydroxylation sites is 1. The molecule has 2 N–H and O–H groups in total. The fraction of sp³-hybridized carbons (Fsp3) is 0.0690. The van der Waals surface area contributed by atoms with Gasteiger partial charge in [-0.3, -0.25) is 4.79 Å². The molecule has 0 unspecified atom stereocenters. The summed E-state index contributed by atoms with van der Waals surface area (Å²) in [5.41, 5.74) is 6.38. The van der Waals surface area contributed by atoms with Crippen molar-refractivity contribution in [1.29, 1.82) is 0 Å². The van der Waals surface area contributed by atoms with Crippen LogP contribution in [0.2, 0.25) is 0 Å². The molecule has 2 aromatic heterocycles. The molecule has 184 valence electrons. The van der Waals surface area contributed by atoms with Gasteiger partial charge < -0.3 is 18.8 Å². The summed E-state index contributed by atoms with van der Waals surface area (Å²) < 4.78 is 12.9. The third-order valence-electron chi connectivity index (χ3n) is 5.74. The molecule has 0 fully saturated rings. The second-order valence-corrected chi connectivity index (χ2v) is 8.27. The molecule has 37 heavy (non-hydrogen) atoms. The summed E-state index contributed by atoms with van der Waals surface area (Å²) in [6, 6.07) is 28.3. The molecule has 1 amide bonds. The van der Waals surface area contributed by atoms with Gasteiger partial charge in [-0.2, -0.15) is 5.10 Å². The first-order chi connectivity index (χ1) is 18.1. The van der Waals surface area contributed by atoms with Gasteiger partial charge in [0.2, 0.25) is 5.76 Å². The molecular weight excluding hydrogens is 470 g/mol.